The summed E-state index contributed by atoms with van der Waals surface area (Å²) in [6, 6.07) is 13.2. The Hall–Kier alpha value is -3.27. The van der Waals surface area contributed by atoms with Crippen molar-refractivity contribution >= 4 is 0 Å². The van der Waals surface area contributed by atoms with E-state index in [1.807, 2.05) is 49.4 Å². The van der Waals surface area contributed by atoms with Crippen LogP contribution in [0.1, 0.15) is 22.6 Å². The summed E-state index contributed by atoms with van der Waals surface area (Å²) in [5, 5.41) is 20.8. The van der Waals surface area contributed by atoms with Crippen molar-refractivity contribution in [2.75, 3.05) is 0 Å². The lowest BCUT2D eigenvalue weighted by Crippen LogP contribution is -2.27. The zero-order valence-electron chi connectivity index (χ0n) is 12.8. The van der Waals surface area contributed by atoms with E-state index < -0.39 is 0 Å². The molecule has 23 heavy (non-hydrogen) atoms. The number of nitriles is 1. The standard InChI is InChI=1S/C16H14N6O/c1-11-8-12(2)21(16(23)14(11)9-17)10-15-18-19-20-22(15)13-6-4-3-5-7-13/h3-8H,10H2,1-2H3. The predicted octanol–water partition coefficient (Wildman–Crippen LogP) is 1.36. The van der Waals surface area contributed by atoms with Gasteiger partial charge in [0, 0.05) is 5.69 Å². The highest BCUT2D eigenvalue weighted by molar-refractivity contribution is 5.36. The Bertz CT molecular complexity index is 949. The third kappa shape index (κ3) is 2.62. The van der Waals surface area contributed by atoms with Crippen LogP contribution in [-0.2, 0) is 6.54 Å². The highest BCUT2D eigenvalue weighted by Gasteiger charge is 2.14. The molecule has 0 aliphatic carbocycles. The summed E-state index contributed by atoms with van der Waals surface area (Å²) < 4.78 is 3.09. The van der Waals surface area contributed by atoms with Crippen molar-refractivity contribution in [3.05, 3.63) is 69.4 Å². The van der Waals surface area contributed by atoms with E-state index in [4.69, 9.17) is 5.26 Å². The molecule has 2 aromatic heterocycles. The minimum Gasteiger partial charge on any atom is -0.304 e. The Labute approximate surface area is 132 Å². The maximum absolute atomic E-state index is 12.5. The van der Waals surface area contributed by atoms with Crippen molar-refractivity contribution in [3.63, 3.8) is 0 Å². The third-order valence-electron chi connectivity index (χ3n) is 3.65. The van der Waals surface area contributed by atoms with Crippen molar-refractivity contribution in [1.29, 1.82) is 5.26 Å². The zero-order valence-corrected chi connectivity index (χ0v) is 12.8. The van der Waals surface area contributed by atoms with Gasteiger partial charge in [0.2, 0.25) is 0 Å². The number of hydrogen-bond donors (Lipinski definition) is 0. The first-order valence-corrected chi connectivity index (χ1v) is 7.05. The molecule has 114 valence electrons. The zero-order chi connectivity index (χ0) is 16.4. The molecule has 0 N–H and O–H groups in total. The largest absolute Gasteiger partial charge is 0.304 e. The van der Waals surface area contributed by atoms with Gasteiger partial charge in [-0.15, -0.1) is 5.10 Å². The van der Waals surface area contributed by atoms with Gasteiger partial charge in [0.15, 0.2) is 5.82 Å². The normalized spacial score (nSPS) is 10.5. The molecule has 0 amide bonds. The molecule has 0 spiro atoms. The molecule has 0 saturated heterocycles. The molecular weight excluding hydrogens is 292 g/mol. The fraction of sp³-hybridized carbons (Fsp3) is 0.188. The van der Waals surface area contributed by atoms with Crippen LogP contribution in [0.3, 0.4) is 0 Å². The van der Waals surface area contributed by atoms with Crippen LogP contribution in [0.15, 0.2) is 41.2 Å². The molecule has 0 aliphatic rings. The Morgan fingerprint density at radius 2 is 1.96 bits per heavy atom. The first kappa shape index (κ1) is 14.7. The topological polar surface area (TPSA) is 89.4 Å². The van der Waals surface area contributed by atoms with Gasteiger partial charge in [0.25, 0.3) is 5.56 Å². The lowest BCUT2D eigenvalue weighted by Gasteiger charge is -2.11. The predicted molar refractivity (Wildman–Crippen MR) is 83.1 cm³/mol. The van der Waals surface area contributed by atoms with E-state index in [-0.39, 0.29) is 17.7 Å². The number of tetrazole rings is 1. The number of rotatable bonds is 3. The maximum atomic E-state index is 12.5. The smallest absolute Gasteiger partial charge is 0.269 e. The number of para-hydroxylation sites is 1. The summed E-state index contributed by atoms with van der Waals surface area (Å²) in [7, 11) is 0. The quantitative estimate of drug-likeness (QED) is 0.729. The number of aromatic nitrogens is 5. The molecule has 0 atom stereocenters. The van der Waals surface area contributed by atoms with Crippen LogP contribution in [-0.4, -0.2) is 24.8 Å². The van der Waals surface area contributed by atoms with Crippen molar-refractivity contribution < 1.29 is 0 Å². The van der Waals surface area contributed by atoms with Gasteiger partial charge in [0.05, 0.1) is 12.2 Å². The summed E-state index contributed by atoms with van der Waals surface area (Å²) in [6.07, 6.45) is 0. The van der Waals surface area contributed by atoms with Crippen molar-refractivity contribution in [1.82, 2.24) is 24.8 Å². The van der Waals surface area contributed by atoms with Crippen molar-refractivity contribution in [2.24, 2.45) is 0 Å². The Kier molecular flexibility index (Phi) is 3.73. The first-order valence-electron chi connectivity index (χ1n) is 7.05. The average Bonchev–Trinajstić information content (AvgIpc) is 3.01. The van der Waals surface area contributed by atoms with Crippen LogP contribution in [0, 0.1) is 25.2 Å². The summed E-state index contributed by atoms with van der Waals surface area (Å²) in [4.78, 5) is 12.5. The average molecular weight is 306 g/mol. The van der Waals surface area contributed by atoms with Crippen LogP contribution in [0.2, 0.25) is 0 Å². The third-order valence-corrected chi connectivity index (χ3v) is 3.65. The SMILES string of the molecule is Cc1cc(C)n(Cc2nnnn2-c2ccccc2)c(=O)c1C#N. The molecule has 1 aromatic carbocycles. The molecule has 0 radical (unpaired) electrons. The summed E-state index contributed by atoms with van der Waals surface area (Å²) in [5.74, 6) is 0.522. The minimum absolute atomic E-state index is 0.148. The second-order valence-corrected chi connectivity index (χ2v) is 5.19. The van der Waals surface area contributed by atoms with E-state index in [0.29, 0.717) is 11.4 Å². The number of pyridine rings is 1. The molecule has 0 unspecified atom stereocenters. The van der Waals surface area contributed by atoms with Crippen molar-refractivity contribution in [3.8, 4) is 11.8 Å². The van der Waals surface area contributed by atoms with Gasteiger partial charge in [-0.1, -0.05) is 18.2 Å². The van der Waals surface area contributed by atoms with Crippen LogP contribution in [0.25, 0.3) is 5.69 Å². The van der Waals surface area contributed by atoms with E-state index in [9.17, 15) is 4.79 Å². The summed E-state index contributed by atoms with van der Waals surface area (Å²) >= 11 is 0. The van der Waals surface area contributed by atoms with E-state index in [1.54, 1.807) is 11.6 Å². The second-order valence-electron chi connectivity index (χ2n) is 5.19. The molecule has 0 fully saturated rings. The molecule has 0 saturated carbocycles. The Morgan fingerprint density at radius 3 is 2.65 bits per heavy atom. The van der Waals surface area contributed by atoms with Gasteiger partial charge in [-0.05, 0) is 48.0 Å². The Balaban J connectivity index is 2.08. The van der Waals surface area contributed by atoms with E-state index in [1.165, 1.54) is 4.57 Å². The molecule has 0 bridgehead atoms. The van der Waals surface area contributed by atoms with Gasteiger partial charge in [-0.2, -0.15) is 9.94 Å². The summed E-state index contributed by atoms with van der Waals surface area (Å²) in [5.41, 5.74) is 2.07. The lowest BCUT2D eigenvalue weighted by atomic mass is 10.1. The Morgan fingerprint density at radius 1 is 1.22 bits per heavy atom. The molecule has 2 heterocycles. The van der Waals surface area contributed by atoms with Crippen LogP contribution in [0.5, 0.6) is 0 Å². The first-order chi connectivity index (χ1) is 11.1. The monoisotopic (exact) mass is 306 g/mol. The highest BCUT2D eigenvalue weighted by Crippen LogP contribution is 2.10. The van der Waals surface area contributed by atoms with Crippen LogP contribution in [0.4, 0.5) is 0 Å². The van der Waals surface area contributed by atoms with Gasteiger partial charge in [-0.25, -0.2) is 0 Å². The summed E-state index contributed by atoms with van der Waals surface area (Å²) in [6.45, 7) is 3.78. The number of nitrogens with zero attached hydrogens (tertiary/aromatic N) is 6. The number of hydrogen-bond acceptors (Lipinski definition) is 5. The van der Waals surface area contributed by atoms with E-state index in [0.717, 1.165) is 11.4 Å². The van der Waals surface area contributed by atoms with Crippen LogP contribution < -0.4 is 5.56 Å². The van der Waals surface area contributed by atoms with Crippen molar-refractivity contribution in [2.45, 2.75) is 20.4 Å². The van der Waals surface area contributed by atoms with Crippen LogP contribution >= 0.6 is 0 Å². The van der Waals surface area contributed by atoms with Gasteiger partial charge >= 0.3 is 0 Å². The second kappa shape index (κ2) is 5.85. The number of aryl methyl sites for hydroxylation is 2. The molecule has 7 nitrogen and oxygen atoms in total. The van der Waals surface area contributed by atoms with Gasteiger partial charge in [0.1, 0.15) is 11.6 Å². The lowest BCUT2D eigenvalue weighted by molar-refractivity contribution is 0.661. The molecular formula is C16H14N6O. The van der Waals surface area contributed by atoms with E-state index >= 15 is 0 Å². The maximum Gasteiger partial charge on any atom is 0.269 e. The number of benzene rings is 1. The minimum atomic E-state index is -0.326. The van der Waals surface area contributed by atoms with E-state index in [2.05, 4.69) is 15.5 Å². The fourth-order valence-corrected chi connectivity index (χ4v) is 2.48. The molecule has 3 rings (SSSR count). The highest BCUT2D eigenvalue weighted by atomic mass is 16.1. The molecule has 7 heteroatoms. The molecule has 0 aliphatic heterocycles. The van der Waals surface area contributed by atoms with Gasteiger partial charge in [-0.3, -0.25) is 4.79 Å². The fourth-order valence-electron chi connectivity index (χ4n) is 2.48. The molecule has 3 aromatic rings. The van der Waals surface area contributed by atoms with Gasteiger partial charge < -0.3 is 4.57 Å².